The Balaban J connectivity index is 2.49. The lowest BCUT2D eigenvalue weighted by Gasteiger charge is -2.23. The van der Waals surface area contributed by atoms with Crippen LogP contribution >= 0.6 is 0 Å². The average Bonchev–Trinajstić information content (AvgIpc) is 2.75. The highest BCUT2D eigenvalue weighted by Crippen LogP contribution is 2.22. The Morgan fingerprint density at radius 1 is 1.47 bits per heavy atom. The van der Waals surface area contributed by atoms with Crippen LogP contribution in [0, 0.1) is 0 Å². The van der Waals surface area contributed by atoms with Gasteiger partial charge in [-0.3, -0.25) is 9.48 Å². The van der Waals surface area contributed by atoms with Gasteiger partial charge in [0.1, 0.15) is 11.4 Å². The van der Waals surface area contributed by atoms with Gasteiger partial charge in [-0.15, -0.1) is 0 Å². The van der Waals surface area contributed by atoms with Crippen molar-refractivity contribution < 1.29 is 4.74 Å². The fourth-order valence-electron chi connectivity index (χ4n) is 1.87. The van der Waals surface area contributed by atoms with Crippen molar-refractivity contribution in [2.45, 2.75) is 26.4 Å². The summed E-state index contributed by atoms with van der Waals surface area (Å²) < 4.78 is 7.29. The van der Waals surface area contributed by atoms with E-state index >= 15 is 0 Å². The predicted molar refractivity (Wildman–Crippen MR) is 71.7 cm³/mol. The van der Waals surface area contributed by atoms with Crippen LogP contribution in [0.4, 0.5) is 0 Å². The second-order valence-corrected chi connectivity index (χ2v) is 4.83. The molecule has 0 saturated carbocycles. The van der Waals surface area contributed by atoms with Crippen molar-refractivity contribution in [2.75, 3.05) is 6.61 Å². The number of nitrogens with zero attached hydrogens (tertiary/aromatic N) is 3. The lowest BCUT2D eigenvalue weighted by atomic mass is 10.1. The van der Waals surface area contributed by atoms with Gasteiger partial charge in [0.05, 0.1) is 11.9 Å². The molecule has 2 rings (SSSR count). The minimum atomic E-state index is -0.633. The van der Waals surface area contributed by atoms with Crippen LogP contribution < -0.4 is 5.56 Å². The molecule has 0 fully saturated rings. The molecule has 6 nitrogen and oxygen atoms in total. The van der Waals surface area contributed by atoms with E-state index in [1.54, 1.807) is 10.9 Å². The Morgan fingerprint density at radius 2 is 2.21 bits per heavy atom. The highest BCUT2D eigenvalue weighted by atomic mass is 16.5. The second-order valence-electron chi connectivity index (χ2n) is 4.83. The third-order valence-electron chi connectivity index (χ3n) is 2.82. The van der Waals surface area contributed by atoms with Gasteiger partial charge in [0, 0.05) is 31.5 Å². The van der Waals surface area contributed by atoms with Crippen molar-refractivity contribution in [3.05, 3.63) is 34.6 Å². The summed E-state index contributed by atoms with van der Waals surface area (Å²) in [4.78, 5) is 19.0. The van der Waals surface area contributed by atoms with Crippen LogP contribution in [0.25, 0.3) is 11.3 Å². The summed E-state index contributed by atoms with van der Waals surface area (Å²) in [6.07, 6.45) is 3.50. The van der Waals surface area contributed by atoms with Crippen LogP contribution in [0.5, 0.6) is 0 Å². The highest BCUT2D eigenvalue weighted by molar-refractivity contribution is 5.56. The van der Waals surface area contributed by atoms with E-state index < -0.39 is 5.60 Å². The molecular formula is C13H18N4O2. The molecule has 0 radical (unpaired) electrons. The zero-order valence-corrected chi connectivity index (χ0v) is 11.6. The molecule has 0 atom stereocenters. The lowest BCUT2D eigenvalue weighted by molar-refractivity contribution is -0.0209. The van der Waals surface area contributed by atoms with Crippen LogP contribution in [0.2, 0.25) is 0 Å². The third kappa shape index (κ3) is 2.90. The van der Waals surface area contributed by atoms with Crippen molar-refractivity contribution in [3.8, 4) is 11.3 Å². The maximum Gasteiger partial charge on any atom is 0.251 e. The first-order chi connectivity index (χ1) is 8.92. The minimum absolute atomic E-state index is 0.198. The first-order valence-electron chi connectivity index (χ1n) is 6.17. The Morgan fingerprint density at radius 3 is 2.79 bits per heavy atom. The number of nitrogens with one attached hydrogen (secondary N) is 1. The van der Waals surface area contributed by atoms with E-state index in [0.717, 1.165) is 5.56 Å². The molecule has 0 unspecified atom stereocenters. The van der Waals surface area contributed by atoms with Gasteiger partial charge in [0.15, 0.2) is 0 Å². The number of aromatic amines is 1. The zero-order chi connectivity index (χ0) is 14.0. The van der Waals surface area contributed by atoms with E-state index in [1.807, 2.05) is 34.0 Å². The van der Waals surface area contributed by atoms with Gasteiger partial charge in [-0.2, -0.15) is 5.10 Å². The Labute approximate surface area is 111 Å². The fourth-order valence-corrected chi connectivity index (χ4v) is 1.87. The van der Waals surface area contributed by atoms with Crippen molar-refractivity contribution in [2.24, 2.45) is 7.05 Å². The average molecular weight is 262 g/mol. The van der Waals surface area contributed by atoms with E-state index in [4.69, 9.17) is 4.74 Å². The smallest absolute Gasteiger partial charge is 0.251 e. The summed E-state index contributed by atoms with van der Waals surface area (Å²) in [5.74, 6) is 0.515. The van der Waals surface area contributed by atoms with Crippen molar-refractivity contribution in [3.63, 3.8) is 0 Å². The zero-order valence-electron chi connectivity index (χ0n) is 11.6. The van der Waals surface area contributed by atoms with Crippen molar-refractivity contribution in [1.29, 1.82) is 0 Å². The highest BCUT2D eigenvalue weighted by Gasteiger charge is 2.24. The van der Waals surface area contributed by atoms with E-state index in [9.17, 15) is 4.79 Å². The van der Waals surface area contributed by atoms with Crippen LogP contribution in [-0.4, -0.2) is 26.4 Å². The van der Waals surface area contributed by atoms with Crippen LogP contribution in [0.1, 0.15) is 26.6 Å². The van der Waals surface area contributed by atoms with Gasteiger partial charge in [-0.25, -0.2) is 4.98 Å². The number of aryl methyl sites for hydroxylation is 1. The predicted octanol–water partition coefficient (Wildman–Crippen LogP) is 1.44. The van der Waals surface area contributed by atoms with Crippen molar-refractivity contribution in [1.82, 2.24) is 19.7 Å². The molecule has 6 heteroatoms. The number of hydrogen-bond donors (Lipinski definition) is 1. The van der Waals surface area contributed by atoms with E-state index in [1.165, 1.54) is 6.07 Å². The quantitative estimate of drug-likeness (QED) is 0.905. The van der Waals surface area contributed by atoms with Gasteiger partial charge in [-0.05, 0) is 20.8 Å². The monoisotopic (exact) mass is 262 g/mol. The molecule has 0 aliphatic rings. The Bertz CT molecular complexity index is 628. The van der Waals surface area contributed by atoms with E-state index in [-0.39, 0.29) is 5.56 Å². The molecule has 0 aliphatic heterocycles. The molecular weight excluding hydrogens is 244 g/mol. The van der Waals surface area contributed by atoms with E-state index in [2.05, 4.69) is 15.1 Å². The molecule has 2 heterocycles. The number of hydrogen-bond acceptors (Lipinski definition) is 4. The second kappa shape index (κ2) is 4.97. The first kappa shape index (κ1) is 13.5. The number of aromatic nitrogens is 4. The molecule has 102 valence electrons. The summed E-state index contributed by atoms with van der Waals surface area (Å²) in [5, 5.41) is 4.08. The largest absolute Gasteiger partial charge is 0.368 e. The minimum Gasteiger partial charge on any atom is -0.368 e. The molecule has 0 saturated heterocycles. The van der Waals surface area contributed by atoms with Gasteiger partial charge >= 0.3 is 0 Å². The summed E-state index contributed by atoms with van der Waals surface area (Å²) in [6, 6.07) is 1.46. The topological polar surface area (TPSA) is 72.8 Å². The van der Waals surface area contributed by atoms with Gasteiger partial charge in [0.2, 0.25) is 0 Å². The first-order valence-corrected chi connectivity index (χ1v) is 6.17. The number of rotatable bonds is 4. The van der Waals surface area contributed by atoms with Crippen molar-refractivity contribution >= 4 is 0 Å². The summed E-state index contributed by atoms with van der Waals surface area (Å²) in [7, 11) is 1.82. The van der Waals surface area contributed by atoms with Gasteiger partial charge in [0.25, 0.3) is 5.56 Å². The lowest BCUT2D eigenvalue weighted by Crippen LogP contribution is -2.28. The number of ether oxygens (including phenoxy) is 1. The molecule has 0 bridgehead atoms. The fraction of sp³-hybridized carbons (Fsp3) is 0.462. The van der Waals surface area contributed by atoms with Gasteiger partial charge in [-0.1, -0.05) is 0 Å². The van der Waals surface area contributed by atoms with E-state index in [0.29, 0.717) is 18.1 Å². The van der Waals surface area contributed by atoms with Crippen LogP contribution in [0.15, 0.2) is 23.3 Å². The molecule has 2 aromatic rings. The summed E-state index contributed by atoms with van der Waals surface area (Å²) >= 11 is 0. The number of H-pyrrole nitrogens is 1. The molecule has 19 heavy (non-hydrogen) atoms. The normalized spacial score (nSPS) is 11.8. The van der Waals surface area contributed by atoms with Gasteiger partial charge < -0.3 is 9.72 Å². The molecule has 0 amide bonds. The molecule has 0 aromatic carbocycles. The van der Waals surface area contributed by atoms with Crippen LogP contribution in [0.3, 0.4) is 0 Å². The standard InChI is InChI=1S/C13H18N4O2/c1-5-19-13(2,3)12-15-10(6-11(18)16-12)9-7-14-17(4)8-9/h6-8H,5H2,1-4H3,(H,15,16,18). The SMILES string of the molecule is CCOC(C)(C)c1nc(-c2cnn(C)c2)cc(=O)[nH]1. The molecule has 2 aromatic heterocycles. The maximum atomic E-state index is 11.8. The summed E-state index contributed by atoms with van der Waals surface area (Å²) in [5.41, 5.74) is 0.574. The third-order valence-corrected chi connectivity index (χ3v) is 2.82. The van der Waals surface area contributed by atoms with Crippen LogP contribution in [-0.2, 0) is 17.4 Å². The Hall–Kier alpha value is -1.95. The maximum absolute atomic E-state index is 11.8. The molecule has 0 aliphatic carbocycles. The molecule has 0 spiro atoms. The Kier molecular flexibility index (Phi) is 3.53. The summed E-state index contributed by atoms with van der Waals surface area (Å²) in [6.45, 7) is 6.21. The molecule has 1 N–H and O–H groups in total.